The van der Waals surface area contributed by atoms with Crippen molar-refractivity contribution in [3.8, 4) is 0 Å². The molecule has 1 aliphatic heterocycles. The van der Waals surface area contributed by atoms with Gasteiger partial charge in [-0.15, -0.1) is 11.3 Å². The smallest absolute Gasteiger partial charge is 0.106 e. The van der Waals surface area contributed by atoms with E-state index in [1.54, 1.807) is 11.3 Å². The molecule has 1 fully saturated rings. The topological polar surface area (TPSA) is 33.1 Å². The van der Waals surface area contributed by atoms with E-state index in [0.717, 1.165) is 10.6 Å². The van der Waals surface area contributed by atoms with Crippen molar-refractivity contribution in [1.29, 1.82) is 0 Å². The average Bonchev–Trinajstić information content (AvgIpc) is 2.70. The fourth-order valence-electron chi connectivity index (χ4n) is 1.73. The number of hydrogen-bond acceptors (Lipinski definition) is 4. The van der Waals surface area contributed by atoms with Crippen LogP contribution in [0, 0.1) is 6.92 Å². The first-order valence-electron chi connectivity index (χ1n) is 4.95. The van der Waals surface area contributed by atoms with Gasteiger partial charge >= 0.3 is 0 Å². The highest BCUT2D eigenvalue weighted by atomic mass is 32.2. The van der Waals surface area contributed by atoms with Crippen LogP contribution < -0.4 is 0 Å². The molecule has 1 N–H and O–H groups in total. The average molecular weight is 229 g/mol. The molecule has 0 radical (unpaired) electrons. The first-order valence-corrected chi connectivity index (χ1v) is 6.82. The molecule has 2 heterocycles. The third-order valence-corrected chi connectivity index (χ3v) is 5.41. The highest BCUT2D eigenvalue weighted by Crippen LogP contribution is 2.42. The number of aromatic nitrogens is 1. The summed E-state index contributed by atoms with van der Waals surface area (Å²) in [5.41, 5.74) is 1.01. The maximum absolute atomic E-state index is 9.52. The molecule has 0 bridgehead atoms. The molecule has 1 aromatic rings. The molecular formula is C10H15NOS2. The minimum absolute atomic E-state index is 0.368. The predicted octanol–water partition coefficient (Wildman–Crippen LogP) is 3.07. The van der Waals surface area contributed by atoms with Gasteiger partial charge in [-0.1, -0.05) is 0 Å². The van der Waals surface area contributed by atoms with E-state index in [1.807, 2.05) is 25.6 Å². The zero-order chi connectivity index (χ0) is 10.1. The molecule has 78 valence electrons. The standard InChI is InChI=1S/C10H15NOS2/c1-6-9(7(2)12)14-10(11-6)8-4-3-5-13-8/h7-8,12H,3-5H2,1-2H3. The molecule has 0 amide bonds. The molecule has 14 heavy (non-hydrogen) atoms. The number of aliphatic hydroxyl groups excluding tert-OH is 1. The van der Waals surface area contributed by atoms with Crippen molar-refractivity contribution in [1.82, 2.24) is 4.98 Å². The van der Waals surface area contributed by atoms with Crippen molar-refractivity contribution in [2.45, 2.75) is 38.0 Å². The highest BCUT2D eigenvalue weighted by molar-refractivity contribution is 7.99. The summed E-state index contributed by atoms with van der Waals surface area (Å²) in [6.07, 6.45) is 2.18. The molecular weight excluding hydrogens is 214 g/mol. The van der Waals surface area contributed by atoms with Gasteiger partial charge in [0, 0.05) is 0 Å². The number of rotatable bonds is 2. The predicted molar refractivity (Wildman–Crippen MR) is 61.9 cm³/mol. The van der Waals surface area contributed by atoms with Crippen LogP contribution >= 0.6 is 23.1 Å². The maximum atomic E-state index is 9.52. The number of aliphatic hydroxyl groups is 1. The number of nitrogens with zero attached hydrogens (tertiary/aromatic N) is 1. The Morgan fingerprint density at radius 3 is 2.86 bits per heavy atom. The minimum Gasteiger partial charge on any atom is -0.388 e. The largest absolute Gasteiger partial charge is 0.388 e. The molecule has 0 spiro atoms. The Morgan fingerprint density at radius 2 is 2.36 bits per heavy atom. The van der Waals surface area contributed by atoms with Crippen LogP contribution in [-0.2, 0) is 0 Å². The van der Waals surface area contributed by atoms with E-state index in [0.29, 0.717) is 5.25 Å². The molecule has 0 aromatic carbocycles. The lowest BCUT2D eigenvalue weighted by Gasteiger charge is -2.02. The third-order valence-electron chi connectivity index (χ3n) is 2.43. The van der Waals surface area contributed by atoms with Gasteiger partial charge in [0.15, 0.2) is 0 Å². The van der Waals surface area contributed by atoms with E-state index < -0.39 is 0 Å². The molecule has 2 atom stereocenters. The van der Waals surface area contributed by atoms with Gasteiger partial charge in [-0.3, -0.25) is 0 Å². The van der Waals surface area contributed by atoms with Gasteiger partial charge in [0.25, 0.3) is 0 Å². The Kier molecular flexibility index (Phi) is 3.14. The Bertz CT molecular complexity index is 316. The zero-order valence-electron chi connectivity index (χ0n) is 8.49. The third kappa shape index (κ3) is 1.97. The van der Waals surface area contributed by atoms with Gasteiger partial charge in [0.2, 0.25) is 0 Å². The number of thiazole rings is 1. The molecule has 2 rings (SSSR count). The summed E-state index contributed by atoms with van der Waals surface area (Å²) >= 11 is 3.68. The summed E-state index contributed by atoms with van der Waals surface area (Å²) in [5, 5.41) is 11.3. The summed E-state index contributed by atoms with van der Waals surface area (Å²) < 4.78 is 0. The number of thioether (sulfide) groups is 1. The fourth-order valence-corrected chi connectivity index (χ4v) is 4.24. The summed E-state index contributed by atoms with van der Waals surface area (Å²) in [7, 11) is 0. The van der Waals surface area contributed by atoms with Crippen LogP contribution in [0.4, 0.5) is 0 Å². The van der Waals surface area contributed by atoms with Crippen molar-refractivity contribution in [2.75, 3.05) is 5.75 Å². The van der Waals surface area contributed by atoms with Crippen LogP contribution in [0.5, 0.6) is 0 Å². The SMILES string of the molecule is Cc1nc(C2CCCS2)sc1C(C)O. The number of hydrogen-bond donors (Lipinski definition) is 1. The van der Waals surface area contributed by atoms with Crippen LogP contribution in [0.2, 0.25) is 0 Å². The maximum Gasteiger partial charge on any atom is 0.106 e. The van der Waals surface area contributed by atoms with E-state index >= 15 is 0 Å². The van der Waals surface area contributed by atoms with Crippen LogP contribution in [0.3, 0.4) is 0 Å². The lowest BCUT2D eigenvalue weighted by Crippen LogP contribution is -1.89. The van der Waals surface area contributed by atoms with Gasteiger partial charge in [-0.05, 0) is 32.4 Å². The van der Waals surface area contributed by atoms with E-state index in [1.165, 1.54) is 23.6 Å². The van der Waals surface area contributed by atoms with Crippen molar-refractivity contribution < 1.29 is 5.11 Å². The first-order chi connectivity index (χ1) is 6.68. The summed E-state index contributed by atoms with van der Waals surface area (Å²) in [6.45, 7) is 3.80. The molecule has 0 aliphatic carbocycles. The van der Waals surface area contributed by atoms with Gasteiger partial charge in [0.05, 0.1) is 21.9 Å². The van der Waals surface area contributed by atoms with Crippen LogP contribution in [0.25, 0.3) is 0 Å². The van der Waals surface area contributed by atoms with Crippen molar-refractivity contribution in [3.05, 3.63) is 15.6 Å². The Labute approximate surface area is 92.8 Å². The molecule has 1 saturated heterocycles. The first kappa shape index (κ1) is 10.5. The van der Waals surface area contributed by atoms with Crippen molar-refractivity contribution in [3.63, 3.8) is 0 Å². The number of aryl methyl sites for hydroxylation is 1. The zero-order valence-corrected chi connectivity index (χ0v) is 10.1. The van der Waals surface area contributed by atoms with E-state index in [4.69, 9.17) is 0 Å². The molecule has 1 aromatic heterocycles. The summed E-state index contributed by atoms with van der Waals surface area (Å²) in [6, 6.07) is 0. The van der Waals surface area contributed by atoms with Crippen LogP contribution in [0.15, 0.2) is 0 Å². The van der Waals surface area contributed by atoms with E-state index in [2.05, 4.69) is 4.98 Å². The second-order valence-corrected chi connectivity index (χ2v) is 6.05. The van der Waals surface area contributed by atoms with Gasteiger partial charge in [-0.2, -0.15) is 11.8 Å². The van der Waals surface area contributed by atoms with Crippen LogP contribution in [0.1, 0.15) is 46.7 Å². The van der Waals surface area contributed by atoms with Gasteiger partial charge in [-0.25, -0.2) is 4.98 Å². The Morgan fingerprint density at radius 1 is 1.57 bits per heavy atom. The molecule has 0 saturated carbocycles. The normalized spacial score (nSPS) is 24.1. The van der Waals surface area contributed by atoms with Crippen molar-refractivity contribution in [2.24, 2.45) is 0 Å². The Balaban J connectivity index is 2.22. The lowest BCUT2D eigenvalue weighted by atomic mass is 10.2. The van der Waals surface area contributed by atoms with E-state index in [-0.39, 0.29) is 6.10 Å². The van der Waals surface area contributed by atoms with E-state index in [9.17, 15) is 5.11 Å². The van der Waals surface area contributed by atoms with Crippen molar-refractivity contribution >= 4 is 23.1 Å². The minimum atomic E-state index is -0.368. The summed E-state index contributed by atoms with van der Waals surface area (Å²) in [5.74, 6) is 1.26. The molecule has 2 unspecified atom stereocenters. The molecule has 2 nitrogen and oxygen atoms in total. The van der Waals surface area contributed by atoms with Gasteiger partial charge < -0.3 is 5.11 Å². The fraction of sp³-hybridized carbons (Fsp3) is 0.700. The molecule has 4 heteroatoms. The second kappa shape index (κ2) is 4.21. The quantitative estimate of drug-likeness (QED) is 0.846. The van der Waals surface area contributed by atoms with Crippen LogP contribution in [-0.4, -0.2) is 15.8 Å². The lowest BCUT2D eigenvalue weighted by molar-refractivity contribution is 0.202. The second-order valence-electron chi connectivity index (χ2n) is 3.68. The van der Waals surface area contributed by atoms with Gasteiger partial charge in [0.1, 0.15) is 5.01 Å². The summed E-state index contributed by atoms with van der Waals surface area (Å²) in [4.78, 5) is 5.59. The monoisotopic (exact) mass is 229 g/mol. The Hall–Kier alpha value is -0.0600. The molecule has 1 aliphatic rings. The highest BCUT2D eigenvalue weighted by Gasteiger charge is 2.23.